The van der Waals surface area contributed by atoms with Gasteiger partial charge in [0.2, 0.25) is 0 Å². The van der Waals surface area contributed by atoms with Crippen molar-refractivity contribution in [2.45, 2.75) is 19.9 Å². The Morgan fingerprint density at radius 2 is 2.29 bits per heavy atom. The number of halogens is 1. The Morgan fingerprint density at radius 1 is 1.48 bits per heavy atom. The highest BCUT2D eigenvalue weighted by Gasteiger charge is 2.10. The quantitative estimate of drug-likeness (QED) is 0.818. The van der Waals surface area contributed by atoms with Gasteiger partial charge in [-0.25, -0.2) is 4.39 Å². The van der Waals surface area contributed by atoms with Gasteiger partial charge in [-0.1, -0.05) is 11.3 Å². The SMILES string of the molecule is Cc1cc(F)ccc1CCNC(=O)c1cn(CCN)nn1. The zero-order valence-electron chi connectivity index (χ0n) is 11.8. The van der Waals surface area contributed by atoms with Crippen molar-refractivity contribution in [3.8, 4) is 0 Å². The van der Waals surface area contributed by atoms with Gasteiger partial charge in [-0.05, 0) is 36.6 Å². The van der Waals surface area contributed by atoms with E-state index in [4.69, 9.17) is 5.73 Å². The van der Waals surface area contributed by atoms with E-state index in [0.717, 1.165) is 11.1 Å². The summed E-state index contributed by atoms with van der Waals surface area (Å²) in [5.41, 5.74) is 7.54. The van der Waals surface area contributed by atoms with E-state index in [1.807, 2.05) is 6.92 Å². The van der Waals surface area contributed by atoms with Crippen LogP contribution >= 0.6 is 0 Å². The largest absolute Gasteiger partial charge is 0.350 e. The first-order valence-corrected chi connectivity index (χ1v) is 6.73. The number of hydrogen-bond acceptors (Lipinski definition) is 4. The molecule has 0 aliphatic rings. The van der Waals surface area contributed by atoms with E-state index < -0.39 is 0 Å². The van der Waals surface area contributed by atoms with Crippen LogP contribution in [0.15, 0.2) is 24.4 Å². The van der Waals surface area contributed by atoms with Crippen molar-refractivity contribution >= 4 is 5.91 Å². The van der Waals surface area contributed by atoms with Crippen molar-refractivity contribution in [3.63, 3.8) is 0 Å². The Hall–Kier alpha value is -2.28. The summed E-state index contributed by atoms with van der Waals surface area (Å²) in [6, 6.07) is 4.63. The van der Waals surface area contributed by atoms with Crippen LogP contribution in [0.4, 0.5) is 4.39 Å². The van der Waals surface area contributed by atoms with Crippen LogP contribution in [0.2, 0.25) is 0 Å². The molecule has 21 heavy (non-hydrogen) atoms. The fourth-order valence-corrected chi connectivity index (χ4v) is 1.99. The van der Waals surface area contributed by atoms with Crippen LogP contribution in [0.3, 0.4) is 0 Å². The number of hydrogen-bond donors (Lipinski definition) is 2. The van der Waals surface area contributed by atoms with E-state index in [1.165, 1.54) is 16.8 Å². The summed E-state index contributed by atoms with van der Waals surface area (Å²) in [5, 5.41) is 10.4. The number of aryl methyl sites for hydroxylation is 1. The second-order valence-electron chi connectivity index (χ2n) is 4.73. The van der Waals surface area contributed by atoms with Crippen molar-refractivity contribution in [2.75, 3.05) is 13.1 Å². The van der Waals surface area contributed by atoms with E-state index in [-0.39, 0.29) is 17.4 Å². The second kappa shape index (κ2) is 6.94. The van der Waals surface area contributed by atoms with E-state index in [2.05, 4.69) is 15.6 Å². The minimum absolute atomic E-state index is 0.253. The van der Waals surface area contributed by atoms with Gasteiger partial charge in [0.25, 0.3) is 5.91 Å². The second-order valence-corrected chi connectivity index (χ2v) is 4.73. The number of nitrogens with one attached hydrogen (secondary N) is 1. The maximum absolute atomic E-state index is 13.0. The summed E-state index contributed by atoms with van der Waals surface area (Å²) in [5.74, 6) is -0.533. The fraction of sp³-hybridized carbons (Fsp3) is 0.357. The van der Waals surface area contributed by atoms with Gasteiger partial charge < -0.3 is 11.1 Å². The maximum Gasteiger partial charge on any atom is 0.273 e. The molecule has 2 aromatic rings. The fourth-order valence-electron chi connectivity index (χ4n) is 1.99. The molecule has 7 heteroatoms. The average Bonchev–Trinajstić information content (AvgIpc) is 2.90. The molecule has 0 radical (unpaired) electrons. The first-order valence-electron chi connectivity index (χ1n) is 6.73. The Bertz CT molecular complexity index is 626. The molecule has 2 rings (SSSR count). The predicted octanol–water partition coefficient (Wildman–Crippen LogP) is 0.657. The number of benzene rings is 1. The van der Waals surface area contributed by atoms with Crippen molar-refractivity contribution in [1.82, 2.24) is 20.3 Å². The summed E-state index contributed by atoms with van der Waals surface area (Å²) in [6.45, 7) is 3.26. The molecular formula is C14H18FN5O. The van der Waals surface area contributed by atoms with Crippen molar-refractivity contribution in [2.24, 2.45) is 5.73 Å². The Balaban J connectivity index is 1.86. The zero-order chi connectivity index (χ0) is 15.2. The van der Waals surface area contributed by atoms with Gasteiger partial charge in [-0.3, -0.25) is 9.48 Å². The molecule has 1 amide bonds. The number of carbonyl (C=O) groups excluding carboxylic acids is 1. The first-order chi connectivity index (χ1) is 10.1. The normalized spacial score (nSPS) is 10.6. The molecule has 0 aliphatic carbocycles. The van der Waals surface area contributed by atoms with Crippen molar-refractivity contribution in [3.05, 3.63) is 47.0 Å². The molecule has 0 unspecified atom stereocenters. The number of amides is 1. The van der Waals surface area contributed by atoms with Crippen LogP contribution < -0.4 is 11.1 Å². The minimum Gasteiger partial charge on any atom is -0.350 e. The number of nitrogens with zero attached hydrogens (tertiary/aromatic N) is 3. The monoisotopic (exact) mass is 291 g/mol. The molecule has 0 atom stereocenters. The van der Waals surface area contributed by atoms with Crippen LogP contribution in [-0.4, -0.2) is 34.0 Å². The zero-order valence-corrected chi connectivity index (χ0v) is 11.8. The number of nitrogens with two attached hydrogens (primary N) is 1. The van der Waals surface area contributed by atoms with Crippen LogP contribution in [0, 0.1) is 12.7 Å². The maximum atomic E-state index is 13.0. The molecule has 0 fully saturated rings. The van der Waals surface area contributed by atoms with E-state index >= 15 is 0 Å². The molecule has 0 bridgehead atoms. The van der Waals surface area contributed by atoms with E-state index in [0.29, 0.717) is 26.1 Å². The number of carbonyl (C=O) groups is 1. The lowest BCUT2D eigenvalue weighted by Crippen LogP contribution is -2.26. The third kappa shape index (κ3) is 4.09. The summed E-state index contributed by atoms with van der Waals surface area (Å²) in [7, 11) is 0. The summed E-state index contributed by atoms with van der Waals surface area (Å²) in [4.78, 5) is 11.9. The molecule has 1 heterocycles. The first kappa shape index (κ1) is 15.1. The number of rotatable bonds is 6. The average molecular weight is 291 g/mol. The van der Waals surface area contributed by atoms with Gasteiger partial charge >= 0.3 is 0 Å². The minimum atomic E-state index is -0.280. The molecular weight excluding hydrogens is 273 g/mol. The smallest absolute Gasteiger partial charge is 0.273 e. The van der Waals surface area contributed by atoms with Gasteiger partial charge in [-0.15, -0.1) is 5.10 Å². The molecule has 0 aliphatic heterocycles. The third-order valence-corrected chi connectivity index (χ3v) is 3.11. The Labute approximate surface area is 122 Å². The molecule has 0 spiro atoms. The Kier molecular flexibility index (Phi) is 4.99. The topological polar surface area (TPSA) is 85.8 Å². The molecule has 0 saturated heterocycles. The predicted molar refractivity (Wildman–Crippen MR) is 76.3 cm³/mol. The lowest BCUT2D eigenvalue weighted by atomic mass is 10.1. The van der Waals surface area contributed by atoms with Crippen molar-refractivity contribution in [1.29, 1.82) is 0 Å². The molecule has 1 aromatic heterocycles. The standard InChI is InChI=1S/C14H18FN5O/c1-10-8-12(15)3-2-11(10)4-6-17-14(21)13-9-20(7-5-16)19-18-13/h2-3,8-9H,4-7,16H2,1H3,(H,17,21). The van der Waals surface area contributed by atoms with Crippen LogP contribution in [-0.2, 0) is 13.0 Å². The highest BCUT2D eigenvalue weighted by molar-refractivity contribution is 5.91. The lowest BCUT2D eigenvalue weighted by molar-refractivity contribution is 0.0949. The summed E-state index contributed by atoms with van der Waals surface area (Å²) < 4.78 is 14.5. The summed E-state index contributed by atoms with van der Waals surface area (Å²) in [6.07, 6.45) is 2.19. The van der Waals surface area contributed by atoms with Gasteiger partial charge in [0.15, 0.2) is 5.69 Å². The van der Waals surface area contributed by atoms with Crippen LogP contribution in [0.1, 0.15) is 21.6 Å². The molecule has 6 nitrogen and oxygen atoms in total. The molecule has 112 valence electrons. The van der Waals surface area contributed by atoms with Gasteiger partial charge in [-0.2, -0.15) is 0 Å². The van der Waals surface area contributed by atoms with E-state index in [9.17, 15) is 9.18 Å². The highest BCUT2D eigenvalue weighted by atomic mass is 19.1. The molecule has 3 N–H and O–H groups in total. The third-order valence-electron chi connectivity index (χ3n) is 3.11. The highest BCUT2D eigenvalue weighted by Crippen LogP contribution is 2.10. The van der Waals surface area contributed by atoms with Crippen LogP contribution in [0.5, 0.6) is 0 Å². The van der Waals surface area contributed by atoms with E-state index in [1.54, 1.807) is 12.3 Å². The van der Waals surface area contributed by atoms with Crippen LogP contribution in [0.25, 0.3) is 0 Å². The lowest BCUT2D eigenvalue weighted by Gasteiger charge is -2.06. The Morgan fingerprint density at radius 3 is 3.00 bits per heavy atom. The molecule has 1 aromatic carbocycles. The molecule has 0 saturated carbocycles. The summed E-state index contributed by atoms with van der Waals surface area (Å²) >= 11 is 0. The van der Waals surface area contributed by atoms with Gasteiger partial charge in [0, 0.05) is 13.1 Å². The van der Waals surface area contributed by atoms with Gasteiger partial charge in [0.1, 0.15) is 5.82 Å². The number of aromatic nitrogens is 3. The van der Waals surface area contributed by atoms with Gasteiger partial charge in [0.05, 0.1) is 12.7 Å². The van der Waals surface area contributed by atoms with Crippen molar-refractivity contribution < 1.29 is 9.18 Å².